The molecule has 0 radical (unpaired) electrons. The predicted molar refractivity (Wildman–Crippen MR) is 87.3 cm³/mol. The quantitative estimate of drug-likeness (QED) is 0.757. The molecule has 0 aliphatic carbocycles. The number of aryl methyl sites for hydroxylation is 1. The number of rotatable bonds is 1. The second-order valence-electron chi connectivity index (χ2n) is 6.26. The summed E-state index contributed by atoms with van der Waals surface area (Å²) in [5.41, 5.74) is 5.50. The second kappa shape index (κ2) is 6.89. The van der Waals surface area contributed by atoms with Crippen LogP contribution in [0.15, 0.2) is 28.7 Å². The Bertz CT molecular complexity index is 832. The van der Waals surface area contributed by atoms with E-state index in [9.17, 15) is 22.8 Å². The van der Waals surface area contributed by atoms with Crippen LogP contribution in [0.5, 0.6) is 0 Å². The monoisotopic (exact) mass is 369 g/mol. The average Bonchev–Trinajstić information content (AvgIpc) is 2.96. The number of para-hydroxylation sites is 1. The normalized spacial score (nSPS) is 18.0. The Kier molecular flexibility index (Phi) is 4.80. The number of hydrogen-bond donors (Lipinski definition) is 2. The summed E-state index contributed by atoms with van der Waals surface area (Å²) < 4.78 is 43.9. The fourth-order valence-electron chi connectivity index (χ4n) is 3.07. The minimum Gasteiger partial charge on any atom is -0.451 e. The minimum atomic E-state index is -4.34. The van der Waals surface area contributed by atoms with Crippen molar-refractivity contribution in [1.82, 2.24) is 15.8 Å². The number of likely N-dealkylation sites (tertiary alicyclic amines) is 1. The van der Waals surface area contributed by atoms with Crippen LogP contribution >= 0.6 is 0 Å². The van der Waals surface area contributed by atoms with Crippen LogP contribution in [0.4, 0.5) is 18.0 Å². The van der Waals surface area contributed by atoms with Crippen LogP contribution in [0, 0.1) is 12.8 Å². The molecule has 2 heterocycles. The second-order valence-corrected chi connectivity index (χ2v) is 6.26. The SMILES string of the molecule is Cc1c(C(=O)NNC(=O)N2CCC[C@H](C(F)(F)F)C2)oc2ccccc12. The number of amides is 3. The number of urea groups is 1. The zero-order chi connectivity index (χ0) is 18.9. The number of benzene rings is 1. The number of carbonyl (C=O) groups excluding carboxylic acids is 2. The van der Waals surface area contributed by atoms with Crippen molar-refractivity contribution < 1.29 is 27.2 Å². The third-order valence-electron chi connectivity index (χ3n) is 4.50. The number of hydrazine groups is 1. The molecular formula is C17H18F3N3O3. The fraction of sp³-hybridized carbons (Fsp3) is 0.412. The van der Waals surface area contributed by atoms with Gasteiger partial charge in [-0.1, -0.05) is 18.2 Å². The molecule has 3 amide bonds. The van der Waals surface area contributed by atoms with Gasteiger partial charge in [-0.05, 0) is 25.8 Å². The van der Waals surface area contributed by atoms with Gasteiger partial charge in [-0.3, -0.25) is 10.2 Å². The third-order valence-corrected chi connectivity index (χ3v) is 4.50. The van der Waals surface area contributed by atoms with Crippen molar-refractivity contribution in [3.05, 3.63) is 35.6 Å². The topological polar surface area (TPSA) is 74.6 Å². The summed E-state index contributed by atoms with van der Waals surface area (Å²) in [6.45, 7) is 1.49. The zero-order valence-electron chi connectivity index (χ0n) is 14.0. The summed E-state index contributed by atoms with van der Waals surface area (Å²) in [6, 6.07) is 6.31. The first-order chi connectivity index (χ1) is 12.3. The first-order valence-electron chi connectivity index (χ1n) is 8.17. The van der Waals surface area contributed by atoms with E-state index in [1.807, 2.05) is 6.07 Å². The molecule has 1 aliphatic heterocycles. The Morgan fingerprint density at radius 3 is 2.65 bits per heavy atom. The fourth-order valence-corrected chi connectivity index (χ4v) is 3.07. The number of carbonyl (C=O) groups is 2. The van der Waals surface area contributed by atoms with E-state index in [4.69, 9.17) is 4.42 Å². The number of fused-ring (bicyclic) bond motifs is 1. The summed E-state index contributed by atoms with van der Waals surface area (Å²) in [5, 5.41) is 0.771. The molecule has 1 aromatic carbocycles. The number of nitrogens with zero attached hydrogens (tertiary/aromatic N) is 1. The van der Waals surface area contributed by atoms with Crippen LogP contribution in [0.25, 0.3) is 11.0 Å². The Balaban J connectivity index is 1.62. The molecule has 9 heteroatoms. The van der Waals surface area contributed by atoms with Gasteiger partial charge in [-0.15, -0.1) is 0 Å². The van der Waals surface area contributed by atoms with Crippen molar-refractivity contribution in [2.45, 2.75) is 25.9 Å². The maximum Gasteiger partial charge on any atom is 0.393 e. The molecule has 3 rings (SSSR count). The number of hydrogen-bond acceptors (Lipinski definition) is 3. The molecule has 6 nitrogen and oxygen atoms in total. The van der Waals surface area contributed by atoms with Crippen molar-refractivity contribution >= 4 is 22.9 Å². The lowest BCUT2D eigenvalue weighted by molar-refractivity contribution is -0.184. The van der Waals surface area contributed by atoms with E-state index in [1.54, 1.807) is 25.1 Å². The van der Waals surface area contributed by atoms with Crippen LogP contribution in [0.3, 0.4) is 0 Å². The van der Waals surface area contributed by atoms with Gasteiger partial charge >= 0.3 is 18.1 Å². The minimum absolute atomic E-state index is 0.00216. The van der Waals surface area contributed by atoms with Gasteiger partial charge in [0, 0.05) is 24.0 Å². The standard InChI is InChI=1S/C17H18F3N3O3/c1-10-12-6-2-3-7-13(12)26-14(10)15(24)21-22-16(25)23-8-4-5-11(9-23)17(18,19)20/h2-3,6-7,11H,4-5,8-9H2,1H3,(H,21,24)(H,22,25)/t11-/m0/s1. The van der Waals surface area contributed by atoms with Gasteiger partial charge < -0.3 is 9.32 Å². The van der Waals surface area contributed by atoms with E-state index in [0.717, 1.165) is 10.3 Å². The molecule has 2 aromatic rings. The summed E-state index contributed by atoms with van der Waals surface area (Å²) in [6.07, 6.45) is -4.08. The van der Waals surface area contributed by atoms with Crippen LogP contribution in [-0.2, 0) is 0 Å². The number of nitrogens with one attached hydrogen (secondary N) is 2. The molecule has 140 valence electrons. The number of alkyl halides is 3. The number of halogens is 3. The molecular weight excluding hydrogens is 351 g/mol. The molecule has 0 unspecified atom stereocenters. The van der Waals surface area contributed by atoms with E-state index in [-0.39, 0.29) is 25.1 Å². The zero-order valence-corrected chi connectivity index (χ0v) is 14.0. The summed E-state index contributed by atoms with van der Waals surface area (Å²) in [5.74, 6) is -2.18. The molecule has 1 fully saturated rings. The Labute approximate surface area is 147 Å². The lowest BCUT2D eigenvalue weighted by Crippen LogP contribution is -2.53. The van der Waals surface area contributed by atoms with Crippen LogP contribution in [0.2, 0.25) is 0 Å². The Hall–Kier alpha value is -2.71. The smallest absolute Gasteiger partial charge is 0.393 e. The lowest BCUT2D eigenvalue weighted by Gasteiger charge is -2.33. The van der Waals surface area contributed by atoms with Crippen molar-refractivity contribution in [3.8, 4) is 0 Å². The molecule has 1 aliphatic rings. The van der Waals surface area contributed by atoms with Gasteiger partial charge in [0.15, 0.2) is 5.76 Å². The molecule has 0 bridgehead atoms. The first-order valence-corrected chi connectivity index (χ1v) is 8.17. The van der Waals surface area contributed by atoms with E-state index in [0.29, 0.717) is 11.1 Å². The highest BCUT2D eigenvalue weighted by Gasteiger charge is 2.42. The Morgan fingerprint density at radius 1 is 1.23 bits per heavy atom. The Morgan fingerprint density at radius 2 is 1.96 bits per heavy atom. The van der Waals surface area contributed by atoms with Crippen molar-refractivity contribution in [2.75, 3.05) is 13.1 Å². The number of furan rings is 1. The highest BCUT2D eigenvalue weighted by molar-refractivity contribution is 5.99. The van der Waals surface area contributed by atoms with E-state index >= 15 is 0 Å². The highest BCUT2D eigenvalue weighted by atomic mass is 19.4. The van der Waals surface area contributed by atoms with E-state index in [2.05, 4.69) is 10.9 Å². The van der Waals surface area contributed by atoms with Gasteiger partial charge in [0.1, 0.15) is 5.58 Å². The maximum absolute atomic E-state index is 12.8. The molecule has 0 spiro atoms. The summed E-state index contributed by atoms with van der Waals surface area (Å²) in [4.78, 5) is 25.3. The predicted octanol–water partition coefficient (Wildman–Crippen LogP) is 3.37. The molecule has 26 heavy (non-hydrogen) atoms. The molecule has 1 aromatic heterocycles. The largest absolute Gasteiger partial charge is 0.451 e. The van der Waals surface area contributed by atoms with Crippen LogP contribution in [0.1, 0.15) is 29.0 Å². The van der Waals surface area contributed by atoms with Crippen molar-refractivity contribution in [2.24, 2.45) is 5.92 Å². The molecule has 1 atom stereocenters. The lowest BCUT2D eigenvalue weighted by atomic mass is 9.98. The molecule has 0 saturated carbocycles. The van der Waals surface area contributed by atoms with Gasteiger partial charge in [-0.25, -0.2) is 10.2 Å². The third kappa shape index (κ3) is 3.61. The van der Waals surface area contributed by atoms with Gasteiger partial charge in [0.05, 0.1) is 5.92 Å². The summed E-state index contributed by atoms with van der Waals surface area (Å²) >= 11 is 0. The summed E-state index contributed by atoms with van der Waals surface area (Å²) in [7, 11) is 0. The van der Waals surface area contributed by atoms with E-state index in [1.165, 1.54) is 0 Å². The van der Waals surface area contributed by atoms with Crippen LogP contribution < -0.4 is 10.9 Å². The van der Waals surface area contributed by atoms with Gasteiger partial charge in [-0.2, -0.15) is 13.2 Å². The van der Waals surface area contributed by atoms with Crippen LogP contribution in [-0.4, -0.2) is 36.1 Å². The van der Waals surface area contributed by atoms with Crippen molar-refractivity contribution in [1.29, 1.82) is 0 Å². The van der Waals surface area contributed by atoms with Crippen molar-refractivity contribution in [3.63, 3.8) is 0 Å². The van der Waals surface area contributed by atoms with Gasteiger partial charge in [0.25, 0.3) is 0 Å². The maximum atomic E-state index is 12.8. The average molecular weight is 369 g/mol. The first kappa shape index (κ1) is 18.1. The molecule has 1 saturated heterocycles. The molecule has 2 N–H and O–H groups in total. The van der Waals surface area contributed by atoms with E-state index < -0.39 is 30.6 Å². The van der Waals surface area contributed by atoms with Gasteiger partial charge in [0.2, 0.25) is 0 Å². The number of piperidine rings is 1. The highest BCUT2D eigenvalue weighted by Crippen LogP contribution is 2.33.